The van der Waals surface area contributed by atoms with Gasteiger partial charge in [0.05, 0.1) is 24.8 Å². The molecule has 0 N–H and O–H groups in total. The third-order valence-corrected chi connectivity index (χ3v) is 3.79. The Morgan fingerprint density at radius 1 is 1.24 bits per heavy atom. The van der Waals surface area contributed by atoms with Gasteiger partial charge >= 0.3 is 0 Å². The highest BCUT2D eigenvalue weighted by atomic mass is 79.9. The van der Waals surface area contributed by atoms with Crippen LogP contribution in [0.4, 0.5) is 0 Å². The number of alkyl halides is 1. The molecule has 6 heteroatoms. The Hall–Kier alpha value is -1.46. The van der Waals surface area contributed by atoms with Crippen LogP contribution < -0.4 is 14.2 Å². The highest BCUT2D eigenvalue weighted by molar-refractivity contribution is 9.08. The van der Waals surface area contributed by atoms with Crippen LogP contribution in [0.15, 0.2) is 30.5 Å². The number of rotatable bonds is 6. The molecule has 2 aromatic rings. The average molecular weight is 373 g/mol. The lowest BCUT2D eigenvalue weighted by atomic mass is 10.2. The van der Waals surface area contributed by atoms with E-state index in [1.165, 1.54) is 0 Å². The Morgan fingerprint density at radius 3 is 2.71 bits per heavy atom. The zero-order chi connectivity index (χ0) is 15.2. The van der Waals surface area contributed by atoms with Gasteiger partial charge in [0.15, 0.2) is 11.5 Å². The summed E-state index contributed by atoms with van der Waals surface area (Å²) in [5, 5.41) is 1.20. The van der Waals surface area contributed by atoms with E-state index in [9.17, 15) is 0 Å². The number of halogens is 2. The van der Waals surface area contributed by atoms with Crippen molar-refractivity contribution >= 4 is 27.5 Å². The molecular weight excluding hydrogens is 358 g/mol. The molecule has 0 aliphatic carbocycles. The van der Waals surface area contributed by atoms with Gasteiger partial charge in [-0.05, 0) is 29.8 Å². The average Bonchev–Trinajstić information content (AvgIpc) is 2.53. The second kappa shape index (κ2) is 7.52. The minimum Gasteiger partial charge on any atom is -0.493 e. The Kier molecular flexibility index (Phi) is 5.70. The summed E-state index contributed by atoms with van der Waals surface area (Å²) >= 11 is 9.65. The molecular formula is C15H15BrClNO3. The molecule has 0 radical (unpaired) electrons. The molecule has 0 aliphatic rings. The summed E-state index contributed by atoms with van der Waals surface area (Å²) < 4.78 is 16.3. The first-order valence-electron chi connectivity index (χ1n) is 6.22. The zero-order valence-corrected chi connectivity index (χ0v) is 14.1. The van der Waals surface area contributed by atoms with Crippen LogP contribution >= 0.6 is 27.5 Å². The van der Waals surface area contributed by atoms with Crippen molar-refractivity contribution in [1.29, 1.82) is 0 Å². The van der Waals surface area contributed by atoms with Crippen molar-refractivity contribution in [1.82, 2.24) is 4.98 Å². The maximum Gasteiger partial charge on any atom is 0.219 e. The smallest absolute Gasteiger partial charge is 0.219 e. The monoisotopic (exact) mass is 371 g/mol. The molecule has 2 rings (SSSR count). The molecule has 1 aromatic heterocycles. The fourth-order valence-corrected chi connectivity index (χ4v) is 2.47. The Bertz CT molecular complexity index is 622. The SMILES string of the molecule is COc1cc(CBr)cc(Cl)c1OCc1cccnc1OC. The number of pyridine rings is 1. The first-order chi connectivity index (χ1) is 10.2. The van der Waals surface area contributed by atoms with Crippen molar-refractivity contribution in [3.8, 4) is 17.4 Å². The van der Waals surface area contributed by atoms with Gasteiger partial charge in [-0.3, -0.25) is 0 Å². The number of benzene rings is 1. The molecule has 0 spiro atoms. The molecule has 0 aliphatic heterocycles. The largest absolute Gasteiger partial charge is 0.493 e. The van der Waals surface area contributed by atoms with Crippen molar-refractivity contribution in [2.24, 2.45) is 0 Å². The van der Waals surface area contributed by atoms with E-state index in [0.29, 0.717) is 34.3 Å². The second-order valence-electron chi connectivity index (χ2n) is 4.20. The van der Waals surface area contributed by atoms with Crippen molar-refractivity contribution in [2.75, 3.05) is 14.2 Å². The molecule has 112 valence electrons. The van der Waals surface area contributed by atoms with Crippen LogP contribution in [-0.4, -0.2) is 19.2 Å². The van der Waals surface area contributed by atoms with Crippen LogP contribution in [0.2, 0.25) is 5.02 Å². The van der Waals surface area contributed by atoms with Crippen LogP contribution in [0.3, 0.4) is 0 Å². The lowest BCUT2D eigenvalue weighted by Gasteiger charge is -2.14. The van der Waals surface area contributed by atoms with E-state index >= 15 is 0 Å². The van der Waals surface area contributed by atoms with E-state index in [0.717, 1.165) is 11.1 Å². The molecule has 0 unspecified atom stereocenters. The first-order valence-corrected chi connectivity index (χ1v) is 7.72. The summed E-state index contributed by atoms with van der Waals surface area (Å²) in [4.78, 5) is 4.13. The highest BCUT2D eigenvalue weighted by Gasteiger charge is 2.13. The first kappa shape index (κ1) is 15.9. The van der Waals surface area contributed by atoms with E-state index in [2.05, 4.69) is 20.9 Å². The molecule has 0 fully saturated rings. The predicted molar refractivity (Wildman–Crippen MR) is 85.8 cm³/mol. The fourth-order valence-electron chi connectivity index (χ4n) is 1.86. The standard InChI is InChI=1S/C15H15BrClNO3/c1-19-13-7-10(8-16)6-12(17)14(13)21-9-11-4-3-5-18-15(11)20-2/h3-7H,8-9H2,1-2H3. The molecule has 1 heterocycles. The van der Waals surface area contributed by atoms with E-state index in [1.807, 2.05) is 24.3 Å². The van der Waals surface area contributed by atoms with Crippen LogP contribution in [0.25, 0.3) is 0 Å². The van der Waals surface area contributed by atoms with E-state index < -0.39 is 0 Å². The van der Waals surface area contributed by atoms with Gasteiger partial charge in [-0.25, -0.2) is 4.98 Å². The number of methoxy groups -OCH3 is 2. The van der Waals surface area contributed by atoms with Gasteiger partial charge in [-0.15, -0.1) is 0 Å². The molecule has 0 saturated carbocycles. The van der Waals surface area contributed by atoms with Gasteiger partial charge in [-0.2, -0.15) is 0 Å². The molecule has 4 nitrogen and oxygen atoms in total. The highest BCUT2D eigenvalue weighted by Crippen LogP contribution is 2.37. The summed E-state index contributed by atoms with van der Waals surface area (Å²) in [6, 6.07) is 7.44. The molecule has 1 aromatic carbocycles. The summed E-state index contributed by atoms with van der Waals surface area (Å²) in [6.45, 7) is 0.292. The lowest BCUT2D eigenvalue weighted by Crippen LogP contribution is -2.02. The number of aromatic nitrogens is 1. The van der Waals surface area contributed by atoms with Gasteiger partial charge in [-0.1, -0.05) is 27.5 Å². The zero-order valence-electron chi connectivity index (χ0n) is 11.7. The molecule has 0 bridgehead atoms. The predicted octanol–water partition coefficient (Wildman–Crippen LogP) is 4.23. The van der Waals surface area contributed by atoms with Gasteiger partial charge in [0, 0.05) is 11.5 Å². The number of hydrogen-bond donors (Lipinski definition) is 0. The topological polar surface area (TPSA) is 40.6 Å². The van der Waals surface area contributed by atoms with Crippen molar-refractivity contribution < 1.29 is 14.2 Å². The van der Waals surface area contributed by atoms with Gasteiger partial charge in [0.2, 0.25) is 5.88 Å². The Balaban J connectivity index is 2.23. The molecule has 0 saturated heterocycles. The Labute approximate surface area is 137 Å². The maximum atomic E-state index is 6.26. The molecule has 0 atom stereocenters. The number of hydrogen-bond acceptors (Lipinski definition) is 4. The quantitative estimate of drug-likeness (QED) is 0.712. The van der Waals surface area contributed by atoms with E-state index in [1.54, 1.807) is 20.4 Å². The summed E-state index contributed by atoms with van der Waals surface area (Å²) in [6.07, 6.45) is 1.67. The second-order valence-corrected chi connectivity index (χ2v) is 5.17. The summed E-state index contributed by atoms with van der Waals surface area (Å²) in [5.74, 6) is 1.64. The summed E-state index contributed by atoms with van der Waals surface area (Å²) in [7, 11) is 3.16. The third kappa shape index (κ3) is 3.80. The lowest BCUT2D eigenvalue weighted by molar-refractivity contribution is 0.276. The third-order valence-electron chi connectivity index (χ3n) is 2.86. The van der Waals surface area contributed by atoms with Crippen molar-refractivity contribution in [2.45, 2.75) is 11.9 Å². The maximum absolute atomic E-state index is 6.26. The molecule has 0 amide bonds. The van der Waals surface area contributed by atoms with E-state index in [4.69, 9.17) is 25.8 Å². The van der Waals surface area contributed by atoms with Gasteiger partial charge in [0.1, 0.15) is 6.61 Å². The minimum absolute atomic E-state index is 0.292. The van der Waals surface area contributed by atoms with Crippen LogP contribution in [0.5, 0.6) is 17.4 Å². The van der Waals surface area contributed by atoms with Crippen molar-refractivity contribution in [3.63, 3.8) is 0 Å². The fraction of sp³-hybridized carbons (Fsp3) is 0.267. The van der Waals surface area contributed by atoms with Crippen LogP contribution in [0, 0.1) is 0 Å². The summed E-state index contributed by atoms with van der Waals surface area (Å²) in [5.41, 5.74) is 1.85. The van der Waals surface area contributed by atoms with Crippen LogP contribution in [-0.2, 0) is 11.9 Å². The number of ether oxygens (including phenoxy) is 3. The Morgan fingerprint density at radius 2 is 2.05 bits per heavy atom. The van der Waals surface area contributed by atoms with Crippen molar-refractivity contribution in [3.05, 3.63) is 46.6 Å². The minimum atomic E-state index is 0.292. The molecule has 21 heavy (non-hydrogen) atoms. The van der Waals surface area contributed by atoms with Crippen LogP contribution in [0.1, 0.15) is 11.1 Å². The number of nitrogens with zero attached hydrogens (tertiary/aromatic N) is 1. The van der Waals surface area contributed by atoms with E-state index in [-0.39, 0.29) is 0 Å². The normalized spacial score (nSPS) is 10.3. The van der Waals surface area contributed by atoms with Gasteiger partial charge in [0.25, 0.3) is 0 Å². The van der Waals surface area contributed by atoms with Gasteiger partial charge < -0.3 is 14.2 Å².